The molecule has 0 aromatic carbocycles. The topological polar surface area (TPSA) is 82.5 Å². The molecule has 19 heavy (non-hydrogen) atoms. The summed E-state index contributed by atoms with van der Waals surface area (Å²) in [6, 6.07) is 0. The fraction of sp³-hybridized carbons (Fsp3) is 0.583. The Kier molecular flexibility index (Phi) is 4.16. The summed E-state index contributed by atoms with van der Waals surface area (Å²) in [4.78, 5) is 28.9. The molecule has 7 heteroatoms. The van der Waals surface area contributed by atoms with Crippen molar-refractivity contribution in [3.8, 4) is 0 Å². The molecule has 1 atom stereocenters. The highest BCUT2D eigenvalue weighted by molar-refractivity contribution is 7.13. The van der Waals surface area contributed by atoms with Gasteiger partial charge in [-0.15, -0.1) is 11.3 Å². The molecule has 1 saturated heterocycles. The van der Waals surface area contributed by atoms with Crippen LogP contribution in [0, 0.1) is 5.41 Å². The highest BCUT2D eigenvalue weighted by atomic mass is 32.1. The Hall–Kier alpha value is -1.47. The molecule has 1 unspecified atom stereocenters. The van der Waals surface area contributed by atoms with Gasteiger partial charge in [-0.1, -0.05) is 0 Å². The molecule has 1 aliphatic heterocycles. The number of aliphatic carboxylic acids is 1. The molecule has 1 aliphatic rings. The van der Waals surface area contributed by atoms with Crippen molar-refractivity contribution in [3.05, 3.63) is 11.6 Å². The first kappa shape index (κ1) is 14.0. The van der Waals surface area contributed by atoms with Gasteiger partial charge in [0.15, 0.2) is 5.13 Å². The third kappa shape index (κ3) is 3.51. The van der Waals surface area contributed by atoms with Crippen molar-refractivity contribution in [1.82, 2.24) is 9.88 Å². The SMILES string of the molecule is CC1(C(=O)O)CCCN(CC(=O)Nc2nccs2)C1. The summed E-state index contributed by atoms with van der Waals surface area (Å²) in [7, 11) is 0. The van der Waals surface area contributed by atoms with E-state index >= 15 is 0 Å². The number of hydrogen-bond acceptors (Lipinski definition) is 5. The molecule has 0 aliphatic carbocycles. The van der Waals surface area contributed by atoms with Gasteiger partial charge in [-0.3, -0.25) is 14.5 Å². The summed E-state index contributed by atoms with van der Waals surface area (Å²) in [5, 5.41) is 14.3. The molecule has 1 aromatic heterocycles. The van der Waals surface area contributed by atoms with Crippen molar-refractivity contribution < 1.29 is 14.7 Å². The molecule has 0 bridgehead atoms. The zero-order chi connectivity index (χ0) is 13.9. The van der Waals surface area contributed by atoms with Crippen molar-refractivity contribution in [3.63, 3.8) is 0 Å². The predicted molar refractivity (Wildman–Crippen MR) is 72.2 cm³/mol. The van der Waals surface area contributed by atoms with Crippen LogP contribution in [0.3, 0.4) is 0 Å². The minimum Gasteiger partial charge on any atom is -0.481 e. The van der Waals surface area contributed by atoms with E-state index in [1.54, 1.807) is 18.5 Å². The molecule has 6 nitrogen and oxygen atoms in total. The molecule has 2 heterocycles. The molecule has 2 N–H and O–H groups in total. The predicted octanol–water partition coefficient (Wildman–Crippen LogP) is 1.27. The summed E-state index contributed by atoms with van der Waals surface area (Å²) in [5.74, 6) is -0.942. The smallest absolute Gasteiger partial charge is 0.310 e. The van der Waals surface area contributed by atoms with E-state index in [2.05, 4.69) is 10.3 Å². The number of amides is 1. The number of nitrogens with zero attached hydrogens (tertiary/aromatic N) is 2. The Morgan fingerprint density at radius 2 is 2.42 bits per heavy atom. The maximum atomic E-state index is 11.8. The lowest BCUT2D eigenvalue weighted by Crippen LogP contribution is -2.48. The van der Waals surface area contributed by atoms with E-state index in [9.17, 15) is 14.7 Å². The van der Waals surface area contributed by atoms with E-state index < -0.39 is 11.4 Å². The van der Waals surface area contributed by atoms with Gasteiger partial charge in [-0.2, -0.15) is 0 Å². The first-order chi connectivity index (χ1) is 8.99. The maximum Gasteiger partial charge on any atom is 0.310 e. The van der Waals surface area contributed by atoms with E-state index in [0.717, 1.165) is 13.0 Å². The lowest BCUT2D eigenvalue weighted by Gasteiger charge is -2.36. The number of carbonyl (C=O) groups excluding carboxylic acids is 1. The van der Waals surface area contributed by atoms with Gasteiger partial charge >= 0.3 is 5.97 Å². The van der Waals surface area contributed by atoms with E-state index in [4.69, 9.17) is 0 Å². The standard InChI is InChI=1S/C12H17N3O3S/c1-12(10(17)18)3-2-5-15(8-12)7-9(16)14-11-13-4-6-19-11/h4,6H,2-3,5,7-8H2,1H3,(H,17,18)(H,13,14,16). The number of anilines is 1. The molecule has 1 amide bonds. The van der Waals surface area contributed by atoms with Crippen LogP contribution in [0.15, 0.2) is 11.6 Å². The van der Waals surface area contributed by atoms with Crippen LogP contribution in [0.25, 0.3) is 0 Å². The zero-order valence-corrected chi connectivity index (χ0v) is 11.6. The van der Waals surface area contributed by atoms with E-state index in [1.165, 1.54) is 11.3 Å². The minimum absolute atomic E-state index is 0.149. The number of likely N-dealkylation sites (tertiary alicyclic amines) is 1. The number of hydrogen-bond donors (Lipinski definition) is 2. The number of carboxylic acids is 1. The Morgan fingerprint density at radius 1 is 1.63 bits per heavy atom. The summed E-state index contributed by atoms with van der Waals surface area (Å²) in [6.45, 7) is 3.12. The van der Waals surface area contributed by atoms with Gasteiger partial charge in [0.1, 0.15) is 0 Å². The Bertz CT molecular complexity index is 463. The Balaban J connectivity index is 1.88. The molecular formula is C12H17N3O3S. The average molecular weight is 283 g/mol. The zero-order valence-electron chi connectivity index (χ0n) is 10.8. The Morgan fingerprint density at radius 3 is 3.05 bits per heavy atom. The number of aromatic nitrogens is 1. The van der Waals surface area contributed by atoms with Crippen molar-refractivity contribution in [1.29, 1.82) is 0 Å². The van der Waals surface area contributed by atoms with Crippen molar-refractivity contribution >= 4 is 28.3 Å². The van der Waals surface area contributed by atoms with Crippen molar-refractivity contribution in [2.45, 2.75) is 19.8 Å². The van der Waals surface area contributed by atoms with E-state index in [0.29, 0.717) is 18.1 Å². The molecule has 1 aromatic rings. The third-order valence-electron chi connectivity index (χ3n) is 3.34. The summed E-state index contributed by atoms with van der Waals surface area (Å²) < 4.78 is 0. The van der Waals surface area contributed by atoms with Crippen LogP contribution in [-0.2, 0) is 9.59 Å². The molecular weight excluding hydrogens is 266 g/mol. The fourth-order valence-corrected chi connectivity index (χ4v) is 2.85. The average Bonchev–Trinajstić information content (AvgIpc) is 2.81. The van der Waals surface area contributed by atoms with Crippen LogP contribution in [0.5, 0.6) is 0 Å². The van der Waals surface area contributed by atoms with E-state index in [1.807, 2.05) is 4.90 Å². The number of rotatable bonds is 4. The number of thiazole rings is 1. The number of nitrogens with one attached hydrogen (secondary N) is 1. The molecule has 2 rings (SSSR count). The summed E-state index contributed by atoms with van der Waals surface area (Å²) in [6.07, 6.45) is 3.09. The summed E-state index contributed by atoms with van der Waals surface area (Å²) in [5.41, 5.74) is -0.750. The van der Waals surface area contributed by atoms with Crippen LogP contribution in [0.2, 0.25) is 0 Å². The van der Waals surface area contributed by atoms with E-state index in [-0.39, 0.29) is 12.5 Å². The minimum atomic E-state index is -0.794. The van der Waals surface area contributed by atoms with Gasteiger partial charge in [0, 0.05) is 18.1 Å². The van der Waals surface area contributed by atoms with Gasteiger partial charge in [-0.05, 0) is 26.3 Å². The van der Waals surface area contributed by atoms with Crippen LogP contribution in [0.1, 0.15) is 19.8 Å². The molecule has 0 radical (unpaired) electrons. The number of carbonyl (C=O) groups is 2. The second-order valence-corrected chi connectivity index (χ2v) is 5.96. The molecule has 0 saturated carbocycles. The second kappa shape index (κ2) is 5.66. The monoisotopic (exact) mass is 283 g/mol. The van der Waals surface area contributed by atoms with Gasteiger partial charge in [0.05, 0.1) is 12.0 Å². The normalized spacial score (nSPS) is 24.1. The first-order valence-electron chi connectivity index (χ1n) is 6.15. The van der Waals surface area contributed by atoms with Crippen molar-refractivity contribution in [2.75, 3.05) is 25.0 Å². The maximum absolute atomic E-state index is 11.8. The highest BCUT2D eigenvalue weighted by Crippen LogP contribution is 2.29. The fourth-order valence-electron chi connectivity index (χ4n) is 2.30. The number of piperidine rings is 1. The lowest BCUT2D eigenvalue weighted by atomic mass is 9.82. The third-order valence-corrected chi connectivity index (χ3v) is 4.03. The first-order valence-corrected chi connectivity index (χ1v) is 7.03. The largest absolute Gasteiger partial charge is 0.481 e. The molecule has 1 fully saturated rings. The van der Waals surface area contributed by atoms with Crippen LogP contribution < -0.4 is 5.32 Å². The molecule has 104 valence electrons. The molecule has 0 spiro atoms. The lowest BCUT2D eigenvalue weighted by molar-refractivity contribution is -0.151. The number of carboxylic acid groups (broad SMARTS) is 1. The Labute approximate surface area is 115 Å². The summed E-state index contributed by atoms with van der Waals surface area (Å²) >= 11 is 1.36. The van der Waals surface area contributed by atoms with Crippen LogP contribution in [-0.4, -0.2) is 46.5 Å². The van der Waals surface area contributed by atoms with Crippen LogP contribution in [0.4, 0.5) is 5.13 Å². The van der Waals surface area contributed by atoms with Crippen LogP contribution >= 0.6 is 11.3 Å². The quantitative estimate of drug-likeness (QED) is 0.869. The highest BCUT2D eigenvalue weighted by Gasteiger charge is 2.38. The van der Waals surface area contributed by atoms with Gasteiger partial charge < -0.3 is 10.4 Å². The van der Waals surface area contributed by atoms with Gasteiger partial charge in [0.2, 0.25) is 5.91 Å². The second-order valence-electron chi connectivity index (χ2n) is 5.07. The van der Waals surface area contributed by atoms with Gasteiger partial charge in [0.25, 0.3) is 0 Å². The van der Waals surface area contributed by atoms with Gasteiger partial charge in [-0.25, -0.2) is 4.98 Å². The van der Waals surface area contributed by atoms with Crippen molar-refractivity contribution in [2.24, 2.45) is 5.41 Å².